The summed E-state index contributed by atoms with van der Waals surface area (Å²) in [7, 11) is 1.54. The van der Waals surface area contributed by atoms with Crippen molar-refractivity contribution >= 4 is 5.91 Å². The summed E-state index contributed by atoms with van der Waals surface area (Å²) >= 11 is 0. The molecule has 0 aliphatic carbocycles. The summed E-state index contributed by atoms with van der Waals surface area (Å²) in [6.07, 6.45) is 1.36. The molecule has 0 saturated carbocycles. The smallest absolute Gasteiger partial charge is 0.253 e. The van der Waals surface area contributed by atoms with Crippen molar-refractivity contribution in [2.45, 2.75) is 6.04 Å². The van der Waals surface area contributed by atoms with E-state index in [1.165, 1.54) is 25.4 Å². The zero-order valence-electron chi connectivity index (χ0n) is 9.03. The van der Waals surface area contributed by atoms with Crippen LogP contribution in [0.2, 0.25) is 0 Å². The molecule has 1 unspecified atom stereocenters. The van der Waals surface area contributed by atoms with Gasteiger partial charge in [0.1, 0.15) is 0 Å². The van der Waals surface area contributed by atoms with Gasteiger partial charge in [0.05, 0.1) is 18.2 Å². The summed E-state index contributed by atoms with van der Waals surface area (Å²) in [6.45, 7) is 0.647. The summed E-state index contributed by atoms with van der Waals surface area (Å²) in [5.74, 6) is -0.288. The fourth-order valence-electron chi connectivity index (χ4n) is 1.19. The maximum absolute atomic E-state index is 11.7. The monoisotopic (exact) mass is 225 g/mol. The molecular formula is C10H15N3O3. The van der Waals surface area contributed by atoms with Crippen LogP contribution in [-0.2, 0) is 4.74 Å². The molecule has 16 heavy (non-hydrogen) atoms. The first-order chi connectivity index (χ1) is 7.67. The lowest BCUT2D eigenvalue weighted by Crippen LogP contribution is -2.43. The molecule has 88 valence electrons. The molecule has 6 heteroatoms. The fourth-order valence-corrected chi connectivity index (χ4v) is 1.19. The number of hydrogen-bond acceptors (Lipinski definition) is 4. The largest absolute Gasteiger partial charge is 0.383 e. The minimum Gasteiger partial charge on any atom is -0.383 e. The van der Waals surface area contributed by atoms with Crippen LogP contribution in [0.3, 0.4) is 0 Å². The topological polar surface area (TPSA) is 97.2 Å². The van der Waals surface area contributed by atoms with E-state index in [0.29, 0.717) is 18.7 Å². The quantitative estimate of drug-likeness (QED) is 0.603. The Labute approximate surface area is 92.8 Å². The van der Waals surface area contributed by atoms with Crippen LogP contribution < -0.4 is 16.6 Å². The maximum atomic E-state index is 11.7. The molecule has 0 saturated heterocycles. The number of carbonyl (C=O) groups excluding carboxylic acids is 1. The lowest BCUT2D eigenvalue weighted by atomic mass is 10.2. The number of carbonyl (C=O) groups is 1. The van der Waals surface area contributed by atoms with Gasteiger partial charge in [0.15, 0.2) is 0 Å². The Morgan fingerprint density at radius 2 is 2.38 bits per heavy atom. The third-order valence-electron chi connectivity index (χ3n) is 2.03. The predicted molar refractivity (Wildman–Crippen MR) is 59.2 cm³/mol. The van der Waals surface area contributed by atoms with Crippen LogP contribution in [-0.4, -0.2) is 37.2 Å². The number of ether oxygens (including phenoxy) is 1. The first kappa shape index (κ1) is 12.4. The fraction of sp³-hybridized carbons (Fsp3) is 0.400. The molecule has 0 aromatic carbocycles. The van der Waals surface area contributed by atoms with E-state index in [4.69, 9.17) is 10.5 Å². The van der Waals surface area contributed by atoms with Crippen LogP contribution in [0, 0.1) is 0 Å². The second-order valence-electron chi connectivity index (χ2n) is 3.30. The zero-order valence-corrected chi connectivity index (χ0v) is 9.03. The Morgan fingerprint density at radius 3 is 2.88 bits per heavy atom. The van der Waals surface area contributed by atoms with Crippen molar-refractivity contribution < 1.29 is 9.53 Å². The number of hydrogen-bond donors (Lipinski definition) is 3. The van der Waals surface area contributed by atoms with Gasteiger partial charge in [-0.2, -0.15) is 0 Å². The molecule has 0 spiro atoms. The van der Waals surface area contributed by atoms with Crippen molar-refractivity contribution in [2.24, 2.45) is 5.73 Å². The summed E-state index contributed by atoms with van der Waals surface area (Å²) < 4.78 is 4.90. The lowest BCUT2D eigenvalue weighted by Gasteiger charge is -2.15. The predicted octanol–water partition coefficient (Wildman–Crippen LogP) is -0.922. The van der Waals surface area contributed by atoms with Gasteiger partial charge in [-0.3, -0.25) is 9.59 Å². The number of H-pyrrole nitrogens is 1. The molecule has 1 aromatic heterocycles. The second kappa shape index (κ2) is 6.04. The number of rotatable bonds is 5. The van der Waals surface area contributed by atoms with Gasteiger partial charge in [0.25, 0.3) is 5.91 Å². The summed E-state index contributed by atoms with van der Waals surface area (Å²) in [6, 6.07) is 2.52. The zero-order chi connectivity index (χ0) is 12.0. The third kappa shape index (κ3) is 3.48. The van der Waals surface area contributed by atoms with Crippen molar-refractivity contribution in [1.29, 1.82) is 0 Å². The number of amides is 1. The number of nitrogens with two attached hydrogens (primary N) is 1. The molecule has 6 nitrogen and oxygen atoms in total. The van der Waals surface area contributed by atoms with Crippen LogP contribution in [0.5, 0.6) is 0 Å². The minimum atomic E-state index is -0.288. The highest BCUT2D eigenvalue weighted by Crippen LogP contribution is 1.94. The molecule has 1 aromatic rings. The number of nitrogens with one attached hydrogen (secondary N) is 2. The van der Waals surface area contributed by atoms with Crippen LogP contribution >= 0.6 is 0 Å². The van der Waals surface area contributed by atoms with E-state index in [2.05, 4.69) is 10.3 Å². The van der Waals surface area contributed by atoms with Crippen molar-refractivity contribution in [2.75, 3.05) is 20.3 Å². The molecule has 0 fully saturated rings. The van der Waals surface area contributed by atoms with Crippen LogP contribution in [0.4, 0.5) is 0 Å². The average Bonchev–Trinajstić information content (AvgIpc) is 2.29. The number of methoxy groups -OCH3 is 1. The molecular weight excluding hydrogens is 210 g/mol. The van der Waals surface area contributed by atoms with E-state index in [1.807, 2.05) is 0 Å². The van der Waals surface area contributed by atoms with E-state index < -0.39 is 0 Å². The number of pyridine rings is 1. The number of aromatic amines is 1. The minimum absolute atomic E-state index is 0.232. The molecule has 0 bridgehead atoms. The molecule has 0 aliphatic heterocycles. The van der Waals surface area contributed by atoms with E-state index in [9.17, 15) is 9.59 Å². The average molecular weight is 225 g/mol. The van der Waals surface area contributed by atoms with Crippen molar-refractivity contribution in [1.82, 2.24) is 10.3 Å². The van der Waals surface area contributed by atoms with Gasteiger partial charge in [0.2, 0.25) is 5.56 Å². The van der Waals surface area contributed by atoms with E-state index in [0.717, 1.165) is 0 Å². The van der Waals surface area contributed by atoms with Crippen molar-refractivity contribution in [3.63, 3.8) is 0 Å². The molecule has 1 amide bonds. The molecule has 4 N–H and O–H groups in total. The van der Waals surface area contributed by atoms with Crippen LogP contribution in [0.15, 0.2) is 23.1 Å². The SMILES string of the molecule is COCC(CN)NC(=O)c1ccc(=O)[nH]c1. The Morgan fingerprint density at radius 1 is 1.62 bits per heavy atom. The maximum Gasteiger partial charge on any atom is 0.253 e. The highest BCUT2D eigenvalue weighted by molar-refractivity contribution is 5.94. The molecule has 1 heterocycles. The molecule has 1 rings (SSSR count). The van der Waals surface area contributed by atoms with Gasteiger partial charge < -0.3 is 20.8 Å². The summed E-state index contributed by atoms with van der Waals surface area (Å²) in [5.41, 5.74) is 5.59. The van der Waals surface area contributed by atoms with Gasteiger partial charge in [0, 0.05) is 25.9 Å². The highest BCUT2D eigenvalue weighted by atomic mass is 16.5. The van der Waals surface area contributed by atoms with Crippen LogP contribution in [0.1, 0.15) is 10.4 Å². The third-order valence-corrected chi connectivity index (χ3v) is 2.03. The Kier molecular flexibility index (Phi) is 4.68. The second-order valence-corrected chi connectivity index (χ2v) is 3.30. The normalized spacial score (nSPS) is 12.1. The van der Waals surface area contributed by atoms with Gasteiger partial charge in [-0.25, -0.2) is 0 Å². The standard InChI is InChI=1S/C10H15N3O3/c1-16-6-8(4-11)13-10(15)7-2-3-9(14)12-5-7/h2-3,5,8H,4,6,11H2,1H3,(H,12,14)(H,13,15). The van der Waals surface area contributed by atoms with Gasteiger partial charge >= 0.3 is 0 Å². The molecule has 0 radical (unpaired) electrons. The van der Waals surface area contributed by atoms with Gasteiger partial charge in [-0.1, -0.05) is 0 Å². The summed E-state index contributed by atoms with van der Waals surface area (Å²) in [5, 5.41) is 2.69. The molecule has 1 atom stereocenters. The highest BCUT2D eigenvalue weighted by Gasteiger charge is 2.11. The molecule has 0 aliphatic rings. The lowest BCUT2D eigenvalue weighted by molar-refractivity contribution is 0.0900. The van der Waals surface area contributed by atoms with Crippen molar-refractivity contribution in [3.8, 4) is 0 Å². The Hall–Kier alpha value is -1.66. The van der Waals surface area contributed by atoms with Crippen LogP contribution in [0.25, 0.3) is 0 Å². The first-order valence-corrected chi connectivity index (χ1v) is 4.86. The van der Waals surface area contributed by atoms with E-state index >= 15 is 0 Å². The van der Waals surface area contributed by atoms with Gasteiger partial charge in [-0.05, 0) is 6.07 Å². The van der Waals surface area contributed by atoms with Crippen molar-refractivity contribution in [3.05, 3.63) is 34.2 Å². The summed E-state index contributed by atoms with van der Waals surface area (Å²) in [4.78, 5) is 24.9. The Balaban J connectivity index is 2.64. The number of aromatic nitrogens is 1. The first-order valence-electron chi connectivity index (χ1n) is 4.86. The van der Waals surface area contributed by atoms with E-state index in [1.54, 1.807) is 0 Å². The van der Waals surface area contributed by atoms with Gasteiger partial charge in [-0.15, -0.1) is 0 Å². The Bertz CT molecular complexity index is 382. The van der Waals surface area contributed by atoms with E-state index in [-0.39, 0.29) is 17.5 Å².